The van der Waals surface area contributed by atoms with E-state index in [1.54, 1.807) is 13.0 Å². The summed E-state index contributed by atoms with van der Waals surface area (Å²) in [7, 11) is 0. The van der Waals surface area contributed by atoms with Crippen molar-refractivity contribution in [3.8, 4) is 0 Å². The average Bonchev–Trinajstić information content (AvgIpc) is 2.15. The maximum Gasteiger partial charge on any atom is 0.129 e. The van der Waals surface area contributed by atoms with Gasteiger partial charge in [-0.3, -0.25) is 0 Å². The summed E-state index contributed by atoms with van der Waals surface area (Å²) in [5.74, 6) is -0.488. The summed E-state index contributed by atoms with van der Waals surface area (Å²) in [6.07, 6.45) is -2.18. The van der Waals surface area contributed by atoms with Crippen LogP contribution in [0, 0.1) is 12.7 Å². The fourth-order valence-electron chi connectivity index (χ4n) is 1.16. The molecule has 1 aromatic rings. The number of aryl methyl sites for hydroxylation is 1. The van der Waals surface area contributed by atoms with Gasteiger partial charge in [0.2, 0.25) is 0 Å². The topological polar surface area (TPSA) is 40.5 Å². The molecule has 0 heterocycles. The minimum absolute atomic E-state index is 0.127. The van der Waals surface area contributed by atoms with Crippen molar-refractivity contribution >= 4 is 15.9 Å². The van der Waals surface area contributed by atoms with Gasteiger partial charge in [-0.05, 0) is 18.6 Å². The number of benzene rings is 1. The zero-order valence-corrected chi connectivity index (χ0v) is 9.33. The molecule has 2 nitrogen and oxygen atoms in total. The molecule has 0 fully saturated rings. The molecule has 0 spiro atoms. The Morgan fingerprint density at radius 3 is 2.57 bits per heavy atom. The van der Waals surface area contributed by atoms with Crippen molar-refractivity contribution in [1.82, 2.24) is 0 Å². The Morgan fingerprint density at radius 1 is 1.43 bits per heavy atom. The maximum atomic E-state index is 13.3. The number of rotatable bonds is 3. The van der Waals surface area contributed by atoms with Crippen molar-refractivity contribution in [2.75, 3.05) is 5.33 Å². The predicted octanol–water partition coefficient (Wildman–Crippen LogP) is 1.92. The summed E-state index contributed by atoms with van der Waals surface area (Å²) in [4.78, 5) is 0. The predicted molar refractivity (Wildman–Crippen MR) is 55.9 cm³/mol. The fourth-order valence-corrected chi connectivity index (χ4v) is 1.52. The normalized spacial score (nSPS) is 15.2. The van der Waals surface area contributed by atoms with Gasteiger partial charge in [0.15, 0.2) is 0 Å². The second-order valence-electron chi connectivity index (χ2n) is 3.19. The molecule has 0 aliphatic heterocycles. The monoisotopic (exact) mass is 262 g/mol. The Labute approximate surface area is 90.5 Å². The highest BCUT2D eigenvalue weighted by molar-refractivity contribution is 9.09. The minimum atomic E-state index is -1.19. The fraction of sp³-hybridized carbons (Fsp3) is 0.400. The minimum Gasteiger partial charge on any atom is -0.389 e. The Hall–Kier alpha value is -0.450. The van der Waals surface area contributed by atoms with E-state index in [0.29, 0.717) is 0 Å². The van der Waals surface area contributed by atoms with Gasteiger partial charge in [-0.2, -0.15) is 0 Å². The van der Waals surface area contributed by atoms with E-state index in [-0.39, 0.29) is 10.9 Å². The van der Waals surface area contributed by atoms with E-state index in [2.05, 4.69) is 15.9 Å². The Balaban J connectivity index is 2.95. The average molecular weight is 263 g/mol. The van der Waals surface area contributed by atoms with Gasteiger partial charge in [0.05, 0.1) is 6.10 Å². The van der Waals surface area contributed by atoms with Gasteiger partial charge in [0, 0.05) is 10.9 Å². The number of hydrogen-bond acceptors (Lipinski definition) is 2. The van der Waals surface area contributed by atoms with E-state index < -0.39 is 18.0 Å². The van der Waals surface area contributed by atoms with Crippen LogP contribution < -0.4 is 0 Å². The van der Waals surface area contributed by atoms with Crippen molar-refractivity contribution < 1.29 is 14.6 Å². The lowest BCUT2D eigenvalue weighted by Crippen LogP contribution is -2.20. The lowest BCUT2D eigenvalue weighted by atomic mass is 10.0. The van der Waals surface area contributed by atoms with Crippen LogP contribution in [0.5, 0.6) is 0 Å². The van der Waals surface area contributed by atoms with Crippen molar-refractivity contribution in [1.29, 1.82) is 0 Å². The lowest BCUT2D eigenvalue weighted by molar-refractivity contribution is 0.0320. The van der Waals surface area contributed by atoms with E-state index in [9.17, 15) is 14.6 Å². The van der Waals surface area contributed by atoms with Crippen LogP contribution in [0.2, 0.25) is 0 Å². The largest absolute Gasteiger partial charge is 0.389 e. The molecule has 0 aromatic heterocycles. The van der Waals surface area contributed by atoms with Gasteiger partial charge in [-0.25, -0.2) is 4.39 Å². The quantitative estimate of drug-likeness (QED) is 0.818. The first-order valence-corrected chi connectivity index (χ1v) is 5.36. The molecule has 0 amide bonds. The molecule has 1 rings (SSSR count). The first kappa shape index (κ1) is 11.6. The highest BCUT2D eigenvalue weighted by Crippen LogP contribution is 2.21. The highest BCUT2D eigenvalue weighted by atomic mass is 79.9. The van der Waals surface area contributed by atoms with Gasteiger partial charge in [-0.1, -0.05) is 28.1 Å². The Kier molecular flexibility index (Phi) is 4.04. The van der Waals surface area contributed by atoms with E-state index >= 15 is 0 Å². The molecule has 2 unspecified atom stereocenters. The highest BCUT2D eigenvalue weighted by Gasteiger charge is 2.20. The summed E-state index contributed by atoms with van der Waals surface area (Å²) in [5, 5.41) is 19.1. The van der Waals surface area contributed by atoms with Gasteiger partial charge in [-0.15, -0.1) is 0 Å². The molecular weight excluding hydrogens is 251 g/mol. The summed E-state index contributed by atoms with van der Waals surface area (Å²) < 4.78 is 13.3. The number of alkyl halides is 1. The zero-order chi connectivity index (χ0) is 10.7. The van der Waals surface area contributed by atoms with Gasteiger partial charge in [0.25, 0.3) is 0 Å². The van der Waals surface area contributed by atoms with Crippen LogP contribution in [0.3, 0.4) is 0 Å². The molecule has 14 heavy (non-hydrogen) atoms. The summed E-state index contributed by atoms with van der Waals surface area (Å²) in [5.41, 5.74) is 0.911. The maximum absolute atomic E-state index is 13.3. The van der Waals surface area contributed by atoms with Crippen molar-refractivity contribution in [2.24, 2.45) is 0 Å². The van der Waals surface area contributed by atoms with Gasteiger partial charge in [0.1, 0.15) is 11.9 Å². The van der Waals surface area contributed by atoms with Crippen molar-refractivity contribution in [3.05, 3.63) is 35.1 Å². The first-order chi connectivity index (χ1) is 6.56. The molecule has 0 saturated carbocycles. The van der Waals surface area contributed by atoms with E-state index in [1.807, 2.05) is 0 Å². The smallest absolute Gasteiger partial charge is 0.129 e. The molecule has 0 radical (unpaired) electrons. The molecular formula is C10H12BrFO2. The van der Waals surface area contributed by atoms with E-state index in [1.165, 1.54) is 12.1 Å². The Morgan fingerprint density at radius 2 is 2.07 bits per heavy atom. The van der Waals surface area contributed by atoms with Gasteiger partial charge < -0.3 is 10.2 Å². The molecule has 2 atom stereocenters. The van der Waals surface area contributed by atoms with Crippen LogP contribution >= 0.6 is 15.9 Å². The summed E-state index contributed by atoms with van der Waals surface area (Å²) in [6, 6.07) is 4.52. The molecule has 0 aliphatic rings. The molecule has 2 N–H and O–H groups in total. The second kappa shape index (κ2) is 4.87. The number of aliphatic hydroxyl groups is 2. The van der Waals surface area contributed by atoms with Crippen LogP contribution in [0.4, 0.5) is 4.39 Å². The van der Waals surface area contributed by atoms with Crippen LogP contribution in [0.15, 0.2) is 18.2 Å². The van der Waals surface area contributed by atoms with Gasteiger partial charge >= 0.3 is 0 Å². The summed E-state index contributed by atoms with van der Waals surface area (Å²) in [6.45, 7) is 1.76. The van der Waals surface area contributed by atoms with Crippen LogP contribution in [-0.2, 0) is 0 Å². The molecule has 0 bridgehead atoms. The molecule has 78 valence electrons. The van der Waals surface area contributed by atoms with Crippen LogP contribution in [-0.4, -0.2) is 21.6 Å². The van der Waals surface area contributed by atoms with Crippen LogP contribution in [0.25, 0.3) is 0 Å². The molecule has 0 aliphatic carbocycles. The van der Waals surface area contributed by atoms with Crippen LogP contribution in [0.1, 0.15) is 17.2 Å². The standard InChI is InChI=1S/C10H12BrFO2/c1-6-2-3-7(8(12)4-6)10(14)9(13)5-11/h2-4,9-10,13-14H,5H2,1H3. The van der Waals surface area contributed by atoms with E-state index in [4.69, 9.17) is 0 Å². The third-order valence-electron chi connectivity index (χ3n) is 2.00. The summed E-state index contributed by atoms with van der Waals surface area (Å²) >= 11 is 3.02. The number of hydrogen-bond donors (Lipinski definition) is 2. The molecule has 0 saturated heterocycles. The van der Waals surface area contributed by atoms with E-state index in [0.717, 1.165) is 5.56 Å². The number of aliphatic hydroxyl groups excluding tert-OH is 2. The third kappa shape index (κ3) is 2.53. The Bertz CT molecular complexity index is 317. The third-order valence-corrected chi connectivity index (χ3v) is 2.66. The SMILES string of the molecule is Cc1ccc(C(O)C(O)CBr)c(F)c1. The van der Waals surface area contributed by atoms with Crippen molar-refractivity contribution in [3.63, 3.8) is 0 Å². The molecule has 4 heteroatoms. The van der Waals surface area contributed by atoms with Crippen molar-refractivity contribution in [2.45, 2.75) is 19.1 Å². The first-order valence-electron chi connectivity index (χ1n) is 4.24. The zero-order valence-electron chi connectivity index (χ0n) is 7.74. The molecule has 1 aromatic carbocycles. The lowest BCUT2D eigenvalue weighted by Gasteiger charge is -2.16. The second-order valence-corrected chi connectivity index (χ2v) is 3.84. The number of halogens is 2.